The molecule has 0 fully saturated rings. The molecule has 1 amide bonds. The summed E-state index contributed by atoms with van der Waals surface area (Å²) < 4.78 is 0. The minimum Gasteiger partial charge on any atom is -0.508 e. The Morgan fingerprint density at radius 2 is 2.00 bits per heavy atom. The molecule has 1 aromatic carbocycles. The maximum Gasteiger partial charge on any atom is 0.209 e. The van der Waals surface area contributed by atoms with Gasteiger partial charge in [0.05, 0.1) is 0 Å². The van der Waals surface area contributed by atoms with Crippen LogP contribution < -0.4 is 0 Å². The van der Waals surface area contributed by atoms with Gasteiger partial charge in [0.25, 0.3) is 0 Å². The second-order valence-electron chi connectivity index (χ2n) is 3.63. The summed E-state index contributed by atoms with van der Waals surface area (Å²) in [6.07, 6.45) is 3.82. The maximum absolute atomic E-state index is 10.5. The highest BCUT2D eigenvalue weighted by Gasteiger charge is 2.10. The predicted octanol–water partition coefficient (Wildman–Crippen LogP) is 1.64. The van der Waals surface area contributed by atoms with E-state index in [1.165, 1.54) is 5.57 Å². The van der Waals surface area contributed by atoms with Crippen LogP contribution in [-0.4, -0.2) is 29.5 Å². The zero-order valence-electron chi connectivity index (χ0n) is 8.39. The van der Waals surface area contributed by atoms with Crippen molar-refractivity contribution in [2.24, 2.45) is 0 Å². The molecule has 0 radical (unpaired) electrons. The SMILES string of the molecule is O=CN1CC=C(c2ccc(O)cc2)CC1. The zero-order valence-corrected chi connectivity index (χ0v) is 8.39. The summed E-state index contributed by atoms with van der Waals surface area (Å²) in [6, 6.07) is 7.17. The number of aromatic hydroxyl groups is 1. The summed E-state index contributed by atoms with van der Waals surface area (Å²) >= 11 is 0. The van der Waals surface area contributed by atoms with E-state index in [-0.39, 0.29) is 5.75 Å². The third-order valence-corrected chi connectivity index (χ3v) is 2.63. The number of phenolic OH excluding ortho intramolecular Hbond substituents is 1. The summed E-state index contributed by atoms with van der Waals surface area (Å²) in [6.45, 7) is 1.45. The Balaban J connectivity index is 2.15. The second-order valence-corrected chi connectivity index (χ2v) is 3.63. The van der Waals surface area contributed by atoms with Crippen molar-refractivity contribution in [1.29, 1.82) is 0 Å². The van der Waals surface area contributed by atoms with Crippen LogP contribution in [-0.2, 0) is 4.79 Å². The van der Waals surface area contributed by atoms with Crippen molar-refractivity contribution in [2.75, 3.05) is 13.1 Å². The fourth-order valence-electron chi connectivity index (χ4n) is 1.72. The molecule has 1 aliphatic heterocycles. The van der Waals surface area contributed by atoms with Gasteiger partial charge in [0, 0.05) is 13.1 Å². The lowest BCUT2D eigenvalue weighted by molar-refractivity contribution is -0.117. The molecule has 1 aliphatic rings. The van der Waals surface area contributed by atoms with E-state index < -0.39 is 0 Å². The zero-order chi connectivity index (χ0) is 10.7. The van der Waals surface area contributed by atoms with E-state index >= 15 is 0 Å². The van der Waals surface area contributed by atoms with Gasteiger partial charge in [0.2, 0.25) is 6.41 Å². The Morgan fingerprint density at radius 3 is 2.53 bits per heavy atom. The Labute approximate surface area is 88.6 Å². The third-order valence-electron chi connectivity index (χ3n) is 2.63. The van der Waals surface area contributed by atoms with Gasteiger partial charge in [-0.1, -0.05) is 18.2 Å². The summed E-state index contributed by atoms with van der Waals surface area (Å²) in [5.74, 6) is 0.282. The molecule has 78 valence electrons. The van der Waals surface area contributed by atoms with Gasteiger partial charge in [-0.2, -0.15) is 0 Å². The van der Waals surface area contributed by atoms with Crippen molar-refractivity contribution in [2.45, 2.75) is 6.42 Å². The highest BCUT2D eigenvalue weighted by atomic mass is 16.3. The first kappa shape index (κ1) is 9.77. The van der Waals surface area contributed by atoms with Gasteiger partial charge in [-0.15, -0.1) is 0 Å². The molecule has 0 aliphatic carbocycles. The minimum absolute atomic E-state index is 0.282. The van der Waals surface area contributed by atoms with Crippen molar-refractivity contribution in [3.05, 3.63) is 35.9 Å². The molecule has 0 atom stereocenters. The number of phenols is 1. The van der Waals surface area contributed by atoms with E-state index in [1.807, 2.05) is 12.1 Å². The van der Waals surface area contributed by atoms with Crippen LogP contribution in [0.5, 0.6) is 5.75 Å². The predicted molar refractivity (Wildman–Crippen MR) is 58.3 cm³/mol. The Hall–Kier alpha value is -1.77. The molecule has 15 heavy (non-hydrogen) atoms. The van der Waals surface area contributed by atoms with Gasteiger partial charge in [-0.25, -0.2) is 0 Å². The molecule has 3 heteroatoms. The van der Waals surface area contributed by atoms with Crippen molar-refractivity contribution < 1.29 is 9.90 Å². The standard InChI is InChI=1S/C12H13NO2/c14-9-13-7-5-11(6-8-13)10-1-3-12(15)4-2-10/h1-5,9,15H,6-8H2. The van der Waals surface area contributed by atoms with Crippen LogP contribution in [0, 0.1) is 0 Å². The lowest BCUT2D eigenvalue weighted by Gasteiger charge is -2.22. The smallest absolute Gasteiger partial charge is 0.209 e. The van der Waals surface area contributed by atoms with Gasteiger partial charge in [-0.05, 0) is 29.7 Å². The van der Waals surface area contributed by atoms with Crippen LogP contribution in [0.15, 0.2) is 30.3 Å². The first-order valence-corrected chi connectivity index (χ1v) is 4.97. The molecule has 0 aromatic heterocycles. The summed E-state index contributed by atoms with van der Waals surface area (Å²) in [5.41, 5.74) is 2.37. The number of rotatable bonds is 2. The van der Waals surface area contributed by atoms with Crippen molar-refractivity contribution in [3.63, 3.8) is 0 Å². The van der Waals surface area contributed by atoms with Gasteiger partial charge in [-0.3, -0.25) is 4.79 Å². The molecule has 1 heterocycles. The first-order valence-electron chi connectivity index (χ1n) is 4.97. The molecular formula is C12H13NO2. The monoisotopic (exact) mass is 203 g/mol. The molecule has 2 rings (SSSR count). The number of nitrogens with zero attached hydrogens (tertiary/aromatic N) is 1. The summed E-state index contributed by atoms with van der Waals surface area (Å²) in [4.78, 5) is 12.3. The van der Waals surface area contributed by atoms with E-state index in [1.54, 1.807) is 17.0 Å². The largest absolute Gasteiger partial charge is 0.508 e. The number of amides is 1. The fourth-order valence-corrected chi connectivity index (χ4v) is 1.72. The van der Waals surface area contributed by atoms with Crippen LogP contribution in [0.2, 0.25) is 0 Å². The van der Waals surface area contributed by atoms with E-state index in [0.29, 0.717) is 6.54 Å². The Kier molecular flexibility index (Phi) is 2.72. The molecule has 1 aromatic rings. The second kappa shape index (κ2) is 4.17. The van der Waals surface area contributed by atoms with E-state index in [9.17, 15) is 4.79 Å². The van der Waals surface area contributed by atoms with Gasteiger partial charge in [0.15, 0.2) is 0 Å². The molecular weight excluding hydrogens is 190 g/mol. The Morgan fingerprint density at radius 1 is 1.27 bits per heavy atom. The molecule has 1 N–H and O–H groups in total. The number of hydrogen-bond acceptors (Lipinski definition) is 2. The normalized spacial score (nSPS) is 16.0. The average molecular weight is 203 g/mol. The van der Waals surface area contributed by atoms with Crippen LogP contribution in [0.3, 0.4) is 0 Å². The number of carbonyl (C=O) groups excluding carboxylic acids is 1. The summed E-state index contributed by atoms with van der Waals surface area (Å²) in [5, 5.41) is 9.16. The number of carbonyl (C=O) groups is 1. The van der Waals surface area contributed by atoms with E-state index in [0.717, 1.165) is 24.9 Å². The van der Waals surface area contributed by atoms with Crippen molar-refractivity contribution in [3.8, 4) is 5.75 Å². The molecule has 0 unspecified atom stereocenters. The molecule has 0 saturated heterocycles. The quantitative estimate of drug-likeness (QED) is 0.742. The fraction of sp³-hybridized carbons (Fsp3) is 0.250. The van der Waals surface area contributed by atoms with Gasteiger partial charge >= 0.3 is 0 Å². The topological polar surface area (TPSA) is 40.5 Å². The molecule has 3 nitrogen and oxygen atoms in total. The number of benzene rings is 1. The molecule has 0 spiro atoms. The third kappa shape index (κ3) is 2.18. The first-order chi connectivity index (χ1) is 7.29. The molecule has 0 bridgehead atoms. The van der Waals surface area contributed by atoms with Crippen LogP contribution in [0.4, 0.5) is 0 Å². The Bertz CT molecular complexity index is 381. The van der Waals surface area contributed by atoms with Gasteiger partial charge < -0.3 is 10.0 Å². The van der Waals surface area contributed by atoms with Crippen LogP contribution in [0.25, 0.3) is 5.57 Å². The van der Waals surface area contributed by atoms with Crippen molar-refractivity contribution >= 4 is 12.0 Å². The van der Waals surface area contributed by atoms with Crippen molar-refractivity contribution in [1.82, 2.24) is 4.90 Å². The lowest BCUT2D eigenvalue weighted by Crippen LogP contribution is -2.26. The van der Waals surface area contributed by atoms with Crippen LogP contribution >= 0.6 is 0 Å². The van der Waals surface area contributed by atoms with E-state index in [2.05, 4.69) is 6.08 Å². The van der Waals surface area contributed by atoms with Crippen LogP contribution in [0.1, 0.15) is 12.0 Å². The lowest BCUT2D eigenvalue weighted by atomic mass is 10.00. The van der Waals surface area contributed by atoms with E-state index in [4.69, 9.17) is 5.11 Å². The number of hydrogen-bond donors (Lipinski definition) is 1. The van der Waals surface area contributed by atoms with Gasteiger partial charge in [0.1, 0.15) is 5.75 Å². The average Bonchev–Trinajstić information content (AvgIpc) is 2.30. The maximum atomic E-state index is 10.5. The minimum atomic E-state index is 0.282. The molecule has 0 saturated carbocycles. The highest BCUT2D eigenvalue weighted by molar-refractivity contribution is 5.68. The highest BCUT2D eigenvalue weighted by Crippen LogP contribution is 2.23. The summed E-state index contributed by atoms with van der Waals surface area (Å²) in [7, 11) is 0.